The third-order valence-corrected chi connectivity index (χ3v) is 5.14. The van der Waals surface area contributed by atoms with Crippen LogP contribution in [0.25, 0.3) is 34.2 Å². The van der Waals surface area contributed by atoms with Gasteiger partial charge in [0.15, 0.2) is 17.5 Å². The minimum absolute atomic E-state index is 0.159. The summed E-state index contributed by atoms with van der Waals surface area (Å²) in [4.78, 5) is 14.1. The van der Waals surface area contributed by atoms with Crippen molar-refractivity contribution in [2.24, 2.45) is 0 Å². The van der Waals surface area contributed by atoms with Crippen LogP contribution in [-0.4, -0.2) is 34.3 Å². The molecular weight excluding hydrogens is 390 g/mol. The van der Waals surface area contributed by atoms with Gasteiger partial charge in [-0.05, 0) is 73.5 Å². The zero-order chi connectivity index (χ0) is 22.0. The highest BCUT2D eigenvalue weighted by atomic mass is 16.5. The van der Waals surface area contributed by atoms with E-state index in [4.69, 9.17) is 19.4 Å². The summed E-state index contributed by atoms with van der Waals surface area (Å²) in [7, 11) is 3.26. The van der Waals surface area contributed by atoms with Crippen LogP contribution in [0.5, 0.6) is 17.2 Å². The molecule has 4 aromatic rings. The molecule has 1 N–H and O–H groups in total. The molecule has 0 amide bonds. The van der Waals surface area contributed by atoms with Crippen LogP contribution in [0.4, 0.5) is 0 Å². The molecule has 0 aliphatic heterocycles. The zero-order valence-corrected chi connectivity index (χ0v) is 17.9. The molecule has 0 aliphatic carbocycles. The van der Waals surface area contributed by atoms with Crippen LogP contribution >= 0.6 is 0 Å². The molecule has 0 fully saturated rings. The Kier molecular flexibility index (Phi) is 5.54. The first-order valence-electron chi connectivity index (χ1n) is 9.84. The van der Waals surface area contributed by atoms with E-state index in [9.17, 15) is 5.11 Å². The van der Waals surface area contributed by atoms with Gasteiger partial charge in [0.1, 0.15) is 17.2 Å². The molecule has 0 aliphatic rings. The second-order valence-electron chi connectivity index (χ2n) is 7.19. The van der Waals surface area contributed by atoms with Crippen molar-refractivity contribution in [1.82, 2.24) is 15.0 Å². The van der Waals surface area contributed by atoms with Gasteiger partial charge in [0.05, 0.1) is 19.8 Å². The Labute approximate surface area is 181 Å². The van der Waals surface area contributed by atoms with Crippen LogP contribution < -0.4 is 9.47 Å². The number of hydrogen-bond donors (Lipinski definition) is 1. The fraction of sp³-hybridized carbons (Fsp3) is 0.160. The summed E-state index contributed by atoms with van der Waals surface area (Å²) in [5.74, 6) is 3.12. The van der Waals surface area contributed by atoms with E-state index < -0.39 is 0 Å². The van der Waals surface area contributed by atoms with Crippen molar-refractivity contribution in [3.8, 4) is 51.4 Å². The molecule has 3 aromatic carbocycles. The smallest absolute Gasteiger partial charge is 0.167 e. The molecule has 1 heterocycles. The lowest BCUT2D eigenvalue weighted by atomic mass is 10.1. The Morgan fingerprint density at radius 3 is 1.90 bits per heavy atom. The largest absolute Gasteiger partial charge is 0.507 e. The number of phenolic OH excluding ortho intramolecular Hbond substituents is 1. The van der Waals surface area contributed by atoms with Gasteiger partial charge in [0.25, 0.3) is 0 Å². The summed E-state index contributed by atoms with van der Waals surface area (Å²) in [5, 5.41) is 10.6. The van der Waals surface area contributed by atoms with E-state index in [1.54, 1.807) is 20.3 Å². The molecule has 1 aromatic heterocycles. The average Bonchev–Trinajstić information content (AvgIpc) is 2.80. The molecular formula is C25H23N3O3. The maximum absolute atomic E-state index is 10.6. The first kappa shape index (κ1) is 20.3. The quantitative estimate of drug-likeness (QED) is 0.484. The van der Waals surface area contributed by atoms with Gasteiger partial charge >= 0.3 is 0 Å². The molecule has 0 radical (unpaired) electrons. The van der Waals surface area contributed by atoms with Gasteiger partial charge in [-0.1, -0.05) is 12.1 Å². The Morgan fingerprint density at radius 1 is 0.645 bits per heavy atom. The first-order valence-corrected chi connectivity index (χ1v) is 9.84. The molecule has 0 saturated heterocycles. The predicted octanol–water partition coefficient (Wildman–Crippen LogP) is 5.21. The van der Waals surface area contributed by atoms with Gasteiger partial charge < -0.3 is 14.6 Å². The molecule has 4 rings (SSSR count). The summed E-state index contributed by atoms with van der Waals surface area (Å²) in [5.41, 5.74) is 3.98. The topological polar surface area (TPSA) is 77.4 Å². The number of methoxy groups -OCH3 is 2. The van der Waals surface area contributed by atoms with E-state index in [-0.39, 0.29) is 5.75 Å². The molecule has 0 bridgehead atoms. The maximum Gasteiger partial charge on any atom is 0.167 e. The van der Waals surface area contributed by atoms with E-state index in [0.717, 1.165) is 33.8 Å². The molecule has 31 heavy (non-hydrogen) atoms. The highest BCUT2D eigenvalue weighted by Gasteiger charge is 2.16. The van der Waals surface area contributed by atoms with Crippen molar-refractivity contribution in [3.05, 3.63) is 71.8 Å². The van der Waals surface area contributed by atoms with E-state index in [0.29, 0.717) is 23.0 Å². The maximum atomic E-state index is 10.6. The van der Waals surface area contributed by atoms with Crippen molar-refractivity contribution >= 4 is 0 Å². The lowest BCUT2D eigenvalue weighted by Gasteiger charge is -2.12. The minimum atomic E-state index is 0.159. The van der Waals surface area contributed by atoms with Crippen LogP contribution in [0.1, 0.15) is 11.1 Å². The lowest BCUT2D eigenvalue weighted by molar-refractivity contribution is 0.414. The Balaban J connectivity index is 1.93. The predicted molar refractivity (Wildman–Crippen MR) is 120 cm³/mol. The van der Waals surface area contributed by atoms with Crippen LogP contribution in [-0.2, 0) is 0 Å². The summed E-state index contributed by atoms with van der Waals surface area (Å²) >= 11 is 0. The van der Waals surface area contributed by atoms with Crippen LogP contribution in [0.15, 0.2) is 60.7 Å². The fourth-order valence-corrected chi connectivity index (χ4v) is 3.34. The number of phenols is 1. The summed E-state index contributed by atoms with van der Waals surface area (Å²) < 4.78 is 10.6. The third kappa shape index (κ3) is 4.05. The van der Waals surface area contributed by atoms with E-state index in [1.807, 2.05) is 68.4 Å². The van der Waals surface area contributed by atoms with Crippen molar-refractivity contribution in [2.45, 2.75) is 13.8 Å². The minimum Gasteiger partial charge on any atom is -0.507 e. The molecule has 6 nitrogen and oxygen atoms in total. The van der Waals surface area contributed by atoms with Gasteiger partial charge in [-0.25, -0.2) is 15.0 Å². The number of aromatic hydroxyl groups is 1. The average molecular weight is 413 g/mol. The molecule has 0 unspecified atom stereocenters. The number of ether oxygens (including phenoxy) is 2. The Morgan fingerprint density at radius 2 is 1.26 bits per heavy atom. The number of aryl methyl sites for hydroxylation is 2. The van der Waals surface area contributed by atoms with Crippen LogP contribution in [0.3, 0.4) is 0 Å². The number of rotatable bonds is 5. The van der Waals surface area contributed by atoms with Gasteiger partial charge in [-0.3, -0.25) is 0 Å². The van der Waals surface area contributed by atoms with Crippen LogP contribution in [0, 0.1) is 13.8 Å². The van der Waals surface area contributed by atoms with E-state index in [1.165, 1.54) is 0 Å². The second-order valence-corrected chi connectivity index (χ2v) is 7.19. The van der Waals surface area contributed by atoms with Crippen molar-refractivity contribution in [2.75, 3.05) is 14.2 Å². The van der Waals surface area contributed by atoms with Gasteiger partial charge in [-0.15, -0.1) is 0 Å². The summed E-state index contributed by atoms with van der Waals surface area (Å²) in [6.45, 7) is 3.83. The van der Waals surface area contributed by atoms with Gasteiger partial charge in [-0.2, -0.15) is 0 Å². The second kappa shape index (κ2) is 8.44. The SMILES string of the molecule is COc1ccc(-c2nc(-c3ccc(OC)cc3C)nc(-c3cccc(C)c3O)n2)cc1. The molecule has 0 spiro atoms. The number of benzene rings is 3. The third-order valence-electron chi connectivity index (χ3n) is 5.14. The molecule has 156 valence electrons. The molecule has 0 saturated carbocycles. The normalized spacial score (nSPS) is 10.7. The number of para-hydroxylation sites is 1. The Bertz CT molecular complexity index is 1240. The van der Waals surface area contributed by atoms with Crippen LogP contribution in [0.2, 0.25) is 0 Å². The Hall–Kier alpha value is -3.93. The van der Waals surface area contributed by atoms with E-state index >= 15 is 0 Å². The fourth-order valence-electron chi connectivity index (χ4n) is 3.34. The number of nitrogens with zero attached hydrogens (tertiary/aromatic N) is 3. The standard InChI is InChI=1S/C25H23N3O3/c1-15-6-5-7-21(22(15)29)25-27-23(17-8-10-18(30-3)11-9-17)26-24(28-25)20-13-12-19(31-4)14-16(20)2/h5-14,29H,1-4H3. The van der Waals surface area contributed by atoms with E-state index in [2.05, 4.69) is 4.98 Å². The number of hydrogen-bond acceptors (Lipinski definition) is 6. The lowest BCUT2D eigenvalue weighted by Crippen LogP contribution is -2.01. The highest BCUT2D eigenvalue weighted by Crippen LogP contribution is 2.33. The van der Waals surface area contributed by atoms with Gasteiger partial charge in [0.2, 0.25) is 0 Å². The van der Waals surface area contributed by atoms with Crippen molar-refractivity contribution in [3.63, 3.8) is 0 Å². The first-order chi connectivity index (χ1) is 15.0. The number of aromatic nitrogens is 3. The highest BCUT2D eigenvalue weighted by molar-refractivity contribution is 5.72. The molecule has 0 atom stereocenters. The molecule has 6 heteroatoms. The van der Waals surface area contributed by atoms with Crippen molar-refractivity contribution < 1.29 is 14.6 Å². The van der Waals surface area contributed by atoms with Crippen molar-refractivity contribution in [1.29, 1.82) is 0 Å². The summed E-state index contributed by atoms with van der Waals surface area (Å²) in [6.07, 6.45) is 0. The zero-order valence-electron chi connectivity index (χ0n) is 17.9. The monoisotopic (exact) mass is 413 g/mol. The van der Waals surface area contributed by atoms with Gasteiger partial charge in [0, 0.05) is 11.1 Å². The summed E-state index contributed by atoms with van der Waals surface area (Å²) in [6, 6.07) is 18.8.